The molecule has 1 amide bonds. The first-order valence-corrected chi connectivity index (χ1v) is 7.28. The Morgan fingerprint density at radius 1 is 1.10 bits per heavy atom. The van der Waals surface area contributed by atoms with Gasteiger partial charge in [-0.3, -0.25) is 4.79 Å². The molecule has 0 atom stereocenters. The number of nitrogens with one attached hydrogen (secondary N) is 1. The molecule has 21 heavy (non-hydrogen) atoms. The molecule has 0 spiro atoms. The van der Waals surface area contributed by atoms with E-state index in [-0.39, 0.29) is 15.6 Å². The summed E-state index contributed by atoms with van der Waals surface area (Å²) in [5.41, 5.74) is 1.06. The molecule has 0 bridgehead atoms. The van der Waals surface area contributed by atoms with Crippen LogP contribution in [-0.2, 0) is 6.42 Å². The van der Waals surface area contributed by atoms with Gasteiger partial charge >= 0.3 is 0 Å². The van der Waals surface area contributed by atoms with Crippen LogP contribution in [0.2, 0.25) is 15.1 Å². The molecule has 2 rings (SSSR count). The molecule has 0 heterocycles. The summed E-state index contributed by atoms with van der Waals surface area (Å²) >= 11 is 17.3. The van der Waals surface area contributed by atoms with Gasteiger partial charge in [-0.25, -0.2) is 4.39 Å². The average Bonchev–Trinajstić information content (AvgIpc) is 2.43. The van der Waals surface area contributed by atoms with Crippen molar-refractivity contribution in [1.29, 1.82) is 0 Å². The van der Waals surface area contributed by atoms with Gasteiger partial charge in [-0.1, -0.05) is 46.9 Å². The van der Waals surface area contributed by atoms with Gasteiger partial charge in [0.25, 0.3) is 5.91 Å². The fourth-order valence-electron chi connectivity index (χ4n) is 1.80. The van der Waals surface area contributed by atoms with E-state index in [0.29, 0.717) is 18.0 Å². The van der Waals surface area contributed by atoms with E-state index < -0.39 is 11.7 Å². The Kier molecular flexibility index (Phi) is 5.45. The Hall–Kier alpha value is -1.29. The van der Waals surface area contributed by atoms with Gasteiger partial charge < -0.3 is 5.32 Å². The molecule has 0 saturated carbocycles. The van der Waals surface area contributed by atoms with Crippen LogP contribution in [0.25, 0.3) is 0 Å². The summed E-state index contributed by atoms with van der Waals surface area (Å²) in [7, 11) is 0. The van der Waals surface area contributed by atoms with Crippen molar-refractivity contribution in [2.75, 3.05) is 6.54 Å². The topological polar surface area (TPSA) is 29.1 Å². The quantitative estimate of drug-likeness (QED) is 0.795. The largest absolute Gasteiger partial charge is 0.352 e. The van der Waals surface area contributed by atoms with Crippen LogP contribution < -0.4 is 5.32 Å². The summed E-state index contributed by atoms with van der Waals surface area (Å²) in [6.07, 6.45) is 0.611. The van der Waals surface area contributed by atoms with Crippen LogP contribution in [0.4, 0.5) is 4.39 Å². The fraction of sp³-hybridized carbons (Fsp3) is 0.133. The van der Waals surface area contributed by atoms with Crippen molar-refractivity contribution in [1.82, 2.24) is 5.32 Å². The lowest BCUT2D eigenvalue weighted by atomic mass is 10.1. The first-order chi connectivity index (χ1) is 9.97. The number of rotatable bonds is 4. The first kappa shape index (κ1) is 16.1. The smallest absolute Gasteiger partial charge is 0.252 e. The summed E-state index contributed by atoms with van der Waals surface area (Å²) in [5.74, 6) is -1.13. The molecular formula is C15H11Cl3FNO. The number of hydrogen-bond acceptors (Lipinski definition) is 1. The zero-order chi connectivity index (χ0) is 15.4. The monoisotopic (exact) mass is 345 g/mol. The van der Waals surface area contributed by atoms with Gasteiger partial charge in [0.2, 0.25) is 0 Å². The fourth-order valence-corrected chi connectivity index (χ4v) is 2.49. The third kappa shape index (κ3) is 4.34. The van der Waals surface area contributed by atoms with Gasteiger partial charge in [0.05, 0.1) is 15.6 Å². The molecule has 0 aliphatic heterocycles. The van der Waals surface area contributed by atoms with Crippen molar-refractivity contribution in [2.24, 2.45) is 0 Å². The third-order valence-corrected chi connectivity index (χ3v) is 3.68. The van der Waals surface area contributed by atoms with Crippen LogP contribution in [0, 0.1) is 5.82 Å². The van der Waals surface area contributed by atoms with E-state index in [1.165, 1.54) is 6.07 Å². The van der Waals surface area contributed by atoms with Gasteiger partial charge in [0, 0.05) is 11.6 Å². The highest BCUT2D eigenvalue weighted by molar-refractivity contribution is 6.36. The molecule has 2 aromatic rings. The second-order valence-electron chi connectivity index (χ2n) is 4.38. The second-order valence-corrected chi connectivity index (χ2v) is 5.63. The Balaban J connectivity index is 1.98. The molecule has 0 fully saturated rings. The molecule has 0 aliphatic rings. The number of amides is 1. The van der Waals surface area contributed by atoms with Crippen LogP contribution in [0.3, 0.4) is 0 Å². The molecule has 2 aromatic carbocycles. The molecule has 2 nitrogen and oxygen atoms in total. The van der Waals surface area contributed by atoms with Crippen LogP contribution in [-0.4, -0.2) is 12.5 Å². The number of hydrogen-bond donors (Lipinski definition) is 1. The number of halogens is 4. The minimum Gasteiger partial charge on any atom is -0.352 e. The van der Waals surface area contributed by atoms with Gasteiger partial charge in [0.1, 0.15) is 5.82 Å². The molecule has 1 N–H and O–H groups in total. The second kappa shape index (κ2) is 7.12. The van der Waals surface area contributed by atoms with Crippen LogP contribution in [0.5, 0.6) is 0 Å². The predicted octanol–water partition coefficient (Wildman–Crippen LogP) is 4.76. The number of carbonyl (C=O) groups is 1. The average molecular weight is 347 g/mol. The minimum atomic E-state index is -0.680. The van der Waals surface area contributed by atoms with Crippen molar-refractivity contribution >= 4 is 40.7 Å². The SMILES string of the molecule is O=C(NCCc1cccc(Cl)c1)c1cc(F)c(Cl)cc1Cl. The Morgan fingerprint density at radius 2 is 1.86 bits per heavy atom. The maximum atomic E-state index is 13.4. The normalized spacial score (nSPS) is 10.5. The molecule has 6 heteroatoms. The molecule has 110 valence electrons. The Labute approximate surface area is 136 Å². The summed E-state index contributed by atoms with van der Waals surface area (Å²) in [6.45, 7) is 0.389. The third-order valence-electron chi connectivity index (χ3n) is 2.84. The molecule has 0 unspecified atom stereocenters. The highest BCUT2D eigenvalue weighted by Gasteiger charge is 2.13. The van der Waals surface area contributed by atoms with E-state index >= 15 is 0 Å². The lowest BCUT2D eigenvalue weighted by molar-refractivity contribution is 0.0954. The number of carbonyl (C=O) groups excluding carboxylic acids is 1. The van der Waals surface area contributed by atoms with Crippen LogP contribution in [0.15, 0.2) is 36.4 Å². The molecule has 0 saturated heterocycles. The molecule has 0 aliphatic carbocycles. The highest BCUT2D eigenvalue weighted by atomic mass is 35.5. The van der Waals surface area contributed by atoms with Crippen molar-refractivity contribution in [3.63, 3.8) is 0 Å². The van der Waals surface area contributed by atoms with E-state index in [4.69, 9.17) is 34.8 Å². The highest BCUT2D eigenvalue weighted by Crippen LogP contribution is 2.24. The molecular weight excluding hydrogens is 336 g/mol. The van der Waals surface area contributed by atoms with E-state index in [0.717, 1.165) is 11.6 Å². The van der Waals surface area contributed by atoms with Gasteiger partial charge in [0.15, 0.2) is 0 Å². The lowest BCUT2D eigenvalue weighted by Crippen LogP contribution is -2.26. The summed E-state index contributed by atoms with van der Waals surface area (Å²) in [6, 6.07) is 9.59. The maximum absolute atomic E-state index is 13.4. The zero-order valence-corrected chi connectivity index (χ0v) is 13.1. The van der Waals surface area contributed by atoms with Crippen molar-refractivity contribution in [3.05, 3.63) is 68.4 Å². The van der Waals surface area contributed by atoms with Crippen molar-refractivity contribution < 1.29 is 9.18 Å². The lowest BCUT2D eigenvalue weighted by Gasteiger charge is -2.08. The van der Waals surface area contributed by atoms with Crippen molar-refractivity contribution in [2.45, 2.75) is 6.42 Å². The van der Waals surface area contributed by atoms with E-state index in [1.54, 1.807) is 6.07 Å². The minimum absolute atomic E-state index is 0.0599. The molecule has 0 aromatic heterocycles. The number of benzene rings is 2. The van der Waals surface area contributed by atoms with E-state index in [9.17, 15) is 9.18 Å². The first-order valence-electron chi connectivity index (χ1n) is 6.14. The van der Waals surface area contributed by atoms with Gasteiger partial charge in [-0.2, -0.15) is 0 Å². The summed E-state index contributed by atoms with van der Waals surface area (Å²) in [4.78, 5) is 12.0. The van der Waals surface area contributed by atoms with Gasteiger partial charge in [-0.05, 0) is 36.2 Å². The predicted molar refractivity (Wildman–Crippen MR) is 83.9 cm³/mol. The summed E-state index contributed by atoms with van der Waals surface area (Å²) in [5, 5.41) is 3.32. The van der Waals surface area contributed by atoms with Crippen LogP contribution >= 0.6 is 34.8 Å². The Morgan fingerprint density at radius 3 is 2.57 bits per heavy atom. The van der Waals surface area contributed by atoms with Crippen LogP contribution in [0.1, 0.15) is 15.9 Å². The standard InChI is InChI=1S/C15H11Cl3FNO/c16-10-3-1-2-9(6-10)4-5-20-15(21)11-7-14(19)13(18)8-12(11)17/h1-3,6-8H,4-5H2,(H,20,21). The molecule has 0 radical (unpaired) electrons. The van der Waals surface area contributed by atoms with Gasteiger partial charge in [-0.15, -0.1) is 0 Å². The van der Waals surface area contributed by atoms with Crippen molar-refractivity contribution in [3.8, 4) is 0 Å². The van der Waals surface area contributed by atoms with E-state index in [2.05, 4.69) is 5.32 Å². The zero-order valence-electron chi connectivity index (χ0n) is 10.8. The Bertz CT molecular complexity index is 676. The van der Waals surface area contributed by atoms with E-state index in [1.807, 2.05) is 18.2 Å². The maximum Gasteiger partial charge on any atom is 0.252 e. The summed E-state index contributed by atoms with van der Waals surface area (Å²) < 4.78 is 13.4.